The number of pyridine rings is 1. The van der Waals surface area contributed by atoms with E-state index in [2.05, 4.69) is 34.8 Å². The molecule has 0 unspecified atom stereocenters. The van der Waals surface area contributed by atoms with Crippen LogP contribution in [0, 0.1) is 0 Å². The van der Waals surface area contributed by atoms with Crippen LogP contribution in [0.15, 0.2) is 36.7 Å². The number of benzene rings is 1. The van der Waals surface area contributed by atoms with Crippen LogP contribution in [0.3, 0.4) is 0 Å². The number of methoxy groups -OCH3 is 1. The van der Waals surface area contributed by atoms with E-state index in [1.165, 1.54) is 5.56 Å². The fraction of sp³-hybridized carbons (Fsp3) is 0.421. The van der Waals surface area contributed by atoms with Crippen LogP contribution in [0.25, 0.3) is 11.1 Å². The summed E-state index contributed by atoms with van der Waals surface area (Å²) in [4.78, 5) is 4.23. The summed E-state index contributed by atoms with van der Waals surface area (Å²) < 4.78 is 8.72. The predicted molar refractivity (Wildman–Crippen MR) is 105 cm³/mol. The molecule has 4 heteroatoms. The van der Waals surface area contributed by atoms with Gasteiger partial charge in [-0.2, -0.15) is 0 Å². The van der Waals surface area contributed by atoms with Crippen molar-refractivity contribution in [3.63, 3.8) is 0 Å². The zero-order valence-corrected chi connectivity index (χ0v) is 16.3. The molecule has 0 bridgehead atoms. The zero-order chi connectivity index (χ0) is 17.7. The minimum atomic E-state index is 0.863. The molecule has 0 radical (unpaired) electrons. The summed E-state index contributed by atoms with van der Waals surface area (Å²) in [5.41, 5.74) is 4.53. The summed E-state index contributed by atoms with van der Waals surface area (Å²) in [5, 5.41) is 0. The second kappa shape index (κ2) is 12.8. The number of nitrogens with one attached hydrogen (secondary N) is 1. The van der Waals surface area contributed by atoms with Gasteiger partial charge in [-0.05, 0) is 30.2 Å². The lowest BCUT2D eigenvalue weighted by Crippen LogP contribution is -1.94. The Balaban J connectivity index is 0.00000112. The Kier molecular flexibility index (Phi) is 11.9. The topological polar surface area (TPSA) is 34.2 Å². The number of aromatic nitrogens is 1. The second-order valence-corrected chi connectivity index (χ2v) is 4.72. The van der Waals surface area contributed by atoms with Gasteiger partial charge in [0.05, 0.1) is 7.11 Å². The van der Waals surface area contributed by atoms with Gasteiger partial charge in [-0.25, -0.2) is 0 Å². The molecule has 1 aromatic heterocycles. The largest absolute Gasteiger partial charge is 0.496 e. The maximum Gasteiger partial charge on any atom is 0.128 e. The number of hydrogen-bond donors (Lipinski definition) is 1. The van der Waals surface area contributed by atoms with Crippen LogP contribution in [-0.4, -0.2) is 18.3 Å². The maximum absolute atomic E-state index is 5.51. The molecule has 1 aromatic carbocycles. The van der Waals surface area contributed by atoms with Crippen LogP contribution in [0.1, 0.15) is 40.2 Å². The van der Waals surface area contributed by atoms with Crippen molar-refractivity contribution in [1.82, 2.24) is 4.98 Å². The summed E-state index contributed by atoms with van der Waals surface area (Å²) in [6.45, 7) is 10.1. The molecule has 0 fully saturated rings. The molecule has 0 spiro atoms. The van der Waals surface area contributed by atoms with Gasteiger partial charge < -0.3 is 9.46 Å². The highest BCUT2D eigenvalue weighted by Crippen LogP contribution is 2.34. The highest BCUT2D eigenvalue weighted by atomic mass is 32.2. The normalized spacial score (nSPS) is 9.00. The number of rotatable bonds is 5. The predicted octanol–water partition coefficient (Wildman–Crippen LogP) is 6.06. The fourth-order valence-corrected chi connectivity index (χ4v) is 2.43. The molecule has 1 heterocycles. The summed E-state index contributed by atoms with van der Waals surface area (Å²) in [6.07, 6.45) is 6.71. The van der Waals surface area contributed by atoms with E-state index >= 15 is 0 Å². The van der Waals surface area contributed by atoms with Gasteiger partial charge in [0.1, 0.15) is 5.75 Å². The van der Waals surface area contributed by atoms with Gasteiger partial charge in [0.15, 0.2) is 0 Å². The van der Waals surface area contributed by atoms with Crippen molar-refractivity contribution < 1.29 is 4.74 Å². The van der Waals surface area contributed by atoms with Gasteiger partial charge in [0.2, 0.25) is 0 Å². The molecule has 0 saturated heterocycles. The average molecular weight is 335 g/mol. The van der Waals surface area contributed by atoms with Crippen molar-refractivity contribution in [1.29, 1.82) is 0 Å². The highest BCUT2D eigenvalue weighted by Gasteiger charge is 2.10. The first-order chi connectivity index (χ1) is 11.3. The van der Waals surface area contributed by atoms with Crippen molar-refractivity contribution in [2.75, 3.05) is 18.1 Å². The van der Waals surface area contributed by atoms with E-state index in [1.54, 1.807) is 19.1 Å². The van der Waals surface area contributed by atoms with Gasteiger partial charge in [0.25, 0.3) is 0 Å². The SMILES string of the molecule is CC.CC.CCc1ccncc1-c1ccc(NSC)cc1OC. The Bertz CT molecular complexity index is 559. The fourth-order valence-electron chi connectivity index (χ4n) is 2.07. The lowest BCUT2D eigenvalue weighted by atomic mass is 9.99. The molecule has 1 N–H and O–H groups in total. The van der Waals surface area contributed by atoms with Crippen LogP contribution in [-0.2, 0) is 6.42 Å². The zero-order valence-electron chi connectivity index (χ0n) is 15.4. The standard InChI is InChI=1S/C15H18N2OS.2C2H6/c1-4-11-7-8-16-10-14(11)13-6-5-12(17-19-3)9-15(13)18-2;2*1-2/h5-10,17H,4H2,1-3H3;2*1-2H3. The van der Waals surface area contributed by atoms with E-state index in [0.29, 0.717) is 0 Å². The Morgan fingerprint density at radius 2 is 1.78 bits per heavy atom. The smallest absolute Gasteiger partial charge is 0.128 e. The quantitative estimate of drug-likeness (QED) is 0.674. The Morgan fingerprint density at radius 1 is 1.09 bits per heavy atom. The van der Waals surface area contributed by atoms with Gasteiger partial charge >= 0.3 is 0 Å². The van der Waals surface area contributed by atoms with E-state index < -0.39 is 0 Å². The number of ether oxygens (including phenoxy) is 1. The van der Waals surface area contributed by atoms with Gasteiger partial charge in [-0.3, -0.25) is 4.98 Å². The summed E-state index contributed by atoms with van der Waals surface area (Å²) in [7, 11) is 1.70. The molecule has 0 amide bonds. The third-order valence-electron chi connectivity index (χ3n) is 3.00. The number of anilines is 1. The van der Waals surface area contributed by atoms with Crippen molar-refractivity contribution in [2.45, 2.75) is 41.0 Å². The van der Waals surface area contributed by atoms with E-state index in [4.69, 9.17) is 4.74 Å². The van der Waals surface area contributed by atoms with Crippen molar-refractivity contribution >= 4 is 17.6 Å². The molecule has 0 aliphatic rings. The number of hydrogen-bond acceptors (Lipinski definition) is 4. The minimum absolute atomic E-state index is 0.863. The molecule has 3 nitrogen and oxygen atoms in total. The van der Waals surface area contributed by atoms with Gasteiger partial charge in [-0.15, -0.1) is 0 Å². The molecular formula is C19H30N2OS. The van der Waals surface area contributed by atoms with Crippen LogP contribution < -0.4 is 9.46 Å². The molecule has 2 aromatic rings. The van der Waals surface area contributed by atoms with E-state index in [1.807, 2.05) is 52.4 Å². The van der Waals surface area contributed by atoms with Crippen molar-refractivity contribution in [3.05, 3.63) is 42.2 Å². The number of aryl methyl sites for hydroxylation is 1. The van der Waals surface area contributed by atoms with Gasteiger partial charge in [0, 0.05) is 41.5 Å². The first-order valence-corrected chi connectivity index (χ1v) is 9.43. The molecule has 128 valence electrons. The van der Waals surface area contributed by atoms with E-state index in [0.717, 1.165) is 29.0 Å². The van der Waals surface area contributed by atoms with Gasteiger partial charge in [-0.1, -0.05) is 46.6 Å². The molecule has 2 rings (SSSR count). The van der Waals surface area contributed by atoms with Crippen LogP contribution in [0.2, 0.25) is 0 Å². The van der Waals surface area contributed by atoms with Crippen LogP contribution >= 0.6 is 11.9 Å². The second-order valence-electron chi connectivity index (χ2n) is 4.11. The monoisotopic (exact) mass is 334 g/mol. The third kappa shape index (κ3) is 6.14. The Labute approximate surface area is 146 Å². The third-order valence-corrected chi connectivity index (χ3v) is 3.44. The Morgan fingerprint density at radius 3 is 2.35 bits per heavy atom. The lowest BCUT2D eigenvalue weighted by Gasteiger charge is -2.13. The number of nitrogens with zero attached hydrogens (tertiary/aromatic N) is 1. The van der Waals surface area contributed by atoms with Crippen molar-refractivity contribution in [2.24, 2.45) is 0 Å². The van der Waals surface area contributed by atoms with E-state index in [9.17, 15) is 0 Å². The summed E-state index contributed by atoms with van der Waals surface area (Å²) in [5.74, 6) is 0.863. The molecular weight excluding hydrogens is 304 g/mol. The molecule has 0 aliphatic carbocycles. The molecule has 0 atom stereocenters. The molecule has 0 saturated carbocycles. The van der Waals surface area contributed by atoms with E-state index in [-0.39, 0.29) is 0 Å². The molecule has 23 heavy (non-hydrogen) atoms. The van der Waals surface area contributed by atoms with Crippen LogP contribution in [0.5, 0.6) is 5.75 Å². The van der Waals surface area contributed by atoms with Crippen molar-refractivity contribution in [3.8, 4) is 16.9 Å². The Hall–Kier alpha value is -1.68. The first-order valence-electron chi connectivity index (χ1n) is 8.20. The maximum atomic E-state index is 5.51. The summed E-state index contributed by atoms with van der Waals surface area (Å²) >= 11 is 1.57. The minimum Gasteiger partial charge on any atom is -0.496 e. The molecule has 0 aliphatic heterocycles. The first kappa shape index (κ1) is 21.3. The van der Waals surface area contributed by atoms with Crippen LogP contribution in [0.4, 0.5) is 5.69 Å². The lowest BCUT2D eigenvalue weighted by molar-refractivity contribution is 0.416. The summed E-state index contributed by atoms with van der Waals surface area (Å²) in [6, 6.07) is 8.20. The highest BCUT2D eigenvalue weighted by molar-refractivity contribution is 7.99. The average Bonchev–Trinajstić information content (AvgIpc) is 2.65.